The molecular weight excluding hydrogens is 528 g/mol. The first kappa shape index (κ1) is 26.6. The average Bonchev–Trinajstić information content (AvgIpc) is 2.73. The predicted molar refractivity (Wildman–Crippen MR) is 123 cm³/mol. The van der Waals surface area contributed by atoms with Gasteiger partial charge in [0.25, 0.3) is 30.4 Å². The van der Waals surface area contributed by atoms with Crippen LogP contribution in [0.5, 0.6) is 0 Å². The molecule has 0 saturated carbocycles. The van der Waals surface area contributed by atoms with Crippen molar-refractivity contribution in [2.24, 2.45) is 16.0 Å². The third kappa shape index (κ3) is 6.16. The van der Waals surface area contributed by atoms with Crippen LogP contribution in [0.1, 0.15) is 5.56 Å². The minimum absolute atomic E-state index is 0.141. The number of hydrogen-bond acceptors (Lipinski definition) is 11. The minimum Gasteiger partial charge on any atom is -0.307 e. The molecule has 3 rings (SSSR count). The SMILES string of the molecule is Cc1ccc(N=Nc2cc3c(S(=O)(=O)O)cc(S(=O)(=O)O)cc3cc2S(=O)(=O)O)c(NOCN)c1. The molecule has 0 atom stereocenters. The molecule has 0 radical (unpaired) electrons. The van der Waals surface area contributed by atoms with Crippen LogP contribution in [-0.4, -0.2) is 45.6 Å². The first-order valence-corrected chi connectivity index (χ1v) is 13.6. The Balaban J connectivity index is 2.32. The summed E-state index contributed by atoms with van der Waals surface area (Å²) in [4.78, 5) is 2.16. The molecule has 0 heterocycles. The van der Waals surface area contributed by atoms with Crippen molar-refractivity contribution in [3.63, 3.8) is 0 Å². The fourth-order valence-electron chi connectivity index (χ4n) is 3.01. The van der Waals surface area contributed by atoms with Crippen molar-refractivity contribution in [3.8, 4) is 0 Å². The van der Waals surface area contributed by atoms with Crippen LogP contribution in [0.2, 0.25) is 0 Å². The molecule has 6 N–H and O–H groups in total. The fourth-order valence-corrected chi connectivity index (χ4v) is 5.00. The summed E-state index contributed by atoms with van der Waals surface area (Å²) in [6.45, 7) is 1.58. The van der Waals surface area contributed by atoms with Gasteiger partial charge < -0.3 is 5.73 Å². The second-order valence-electron chi connectivity index (χ2n) is 7.02. The summed E-state index contributed by atoms with van der Waals surface area (Å²) < 4.78 is 99.5. The molecule has 3 aromatic rings. The van der Waals surface area contributed by atoms with Crippen molar-refractivity contribution in [3.05, 3.63) is 48.0 Å². The fraction of sp³-hybridized carbons (Fsp3) is 0.111. The van der Waals surface area contributed by atoms with E-state index in [9.17, 15) is 38.9 Å². The summed E-state index contributed by atoms with van der Waals surface area (Å²) >= 11 is 0. The van der Waals surface area contributed by atoms with Crippen LogP contribution < -0.4 is 11.2 Å². The first-order valence-electron chi connectivity index (χ1n) is 9.26. The zero-order valence-corrected chi connectivity index (χ0v) is 20.1. The zero-order valence-electron chi connectivity index (χ0n) is 17.6. The zero-order chi connectivity index (χ0) is 26.2. The van der Waals surface area contributed by atoms with E-state index in [-0.39, 0.29) is 23.2 Å². The molecule has 3 aromatic carbocycles. The molecule has 0 amide bonds. The summed E-state index contributed by atoms with van der Waals surface area (Å²) in [6, 6.07) is 7.57. The Kier molecular flexibility index (Phi) is 7.25. The van der Waals surface area contributed by atoms with Gasteiger partial charge in [-0.1, -0.05) is 6.07 Å². The van der Waals surface area contributed by atoms with Crippen LogP contribution in [0.25, 0.3) is 10.8 Å². The van der Waals surface area contributed by atoms with Gasteiger partial charge in [-0.05, 0) is 54.3 Å². The van der Waals surface area contributed by atoms with E-state index in [1.807, 2.05) is 0 Å². The maximum Gasteiger partial charge on any atom is 0.296 e. The third-order valence-electron chi connectivity index (χ3n) is 4.50. The second-order valence-corrected chi connectivity index (χ2v) is 11.2. The smallest absolute Gasteiger partial charge is 0.296 e. The maximum atomic E-state index is 12.0. The summed E-state index contributed by atoms with van der Waals surface area (Å²) in [5.41, 5.74) is 8.49. The van der Waals surface area contributed by atoms with Gasteiger partial charge in [-0.15, -0.1) is 10.2 Å². The number of rotatable bonds is 8. The molecule has 14 nitrogen and oxygen atoms in total. The van der Waals surface area contributed by atoms with Gasteiger partial charge in [0, 0.05) is 5.39 Å². The van der Waals surface area contributed by atoms with Gasteiger partial charge in [0.2, 0.25) is 0 Å². The molecular formula is C18H18N4O10S3. The highest BCUT2D eigenvalue weighted by Crippen LogP contribution is 2.36. The molecule has 17 heteroatoms. The van der Waals surface area contributed by atoms with E-state index >= 15 is 0 Å². The molecule has 0 bridgehead atoms. The molecule has 0 aliphatic rings. The topological polar surface area (TPSA) is 235 Å². The van der Waals surface area contributed by atoms with Crippen molar-refractivity contribution in [1.82, 2.24) is 0 Å². The number of azo groups is 1. The van der Waals surface area contributed by atoms with Gasteiger partial charge in [0.05, 0.1) is 10.6 Å². The van der Waals surface area contributed by atoms with Crippen LogP contribution in [0, 0.1) is 6.92 Å². The lowest BCUT2D eigenvalue weighted by Crippen LogP contribution is -2.10. The summed E-state index contributed by atoms with van der Waals surface area (Å²) in [7, 11) is -15.0. The number of fused-ring (bicyclic) bond motifs is 1. The van der Waals surface area contributed by atoms with Gasteiger partial charge in [0.15, 0.2) is 0 Å². The highest BCUT2D eigenvalue weighted by Gasteiger charge is 2.24. The molecule has 0 aliphatic heterocycles. The van der Waals surface area contributed by atoms with E-state index in [1.165, 1.54) is 6.07 Å². The van der Waals surface area contributed by atoms with Crippen molar-refractivity contribution in [1.29, 1.82) is 0 Å². The Labute approximate surface area is 199 Å². The Morgan fingerprint density at radius 1 is 0.829 bits per heavy atom. The first-order chi connectivity index (χ1) is 16.1. The highest BCUT2D eigenvalue weighted by molar-refractivity contribution is 7.87. The summed E-state index contributed by atoms with van der Waals surface area (Å²) in [5, 5.41) is 6.99. The lowest BCUT2D eigenvalue weighted by Gasteiger charge is -2.11. The van der Waals surface area contributed by atoms with Gasteiger partial charge in [-0.2, -0.15) is 25.3 Å². The van der Waals surface area contributed by atoms with Gasteiger partial charge in [0.1, 0.15) is 27.9 Å². The van der Waals surface area contributed by atoms with Crippen LogP contribution in [0.4, 0.5) is 17.1 Å². The van der Waals surface area contributed by atoms with Crippen molar-refractivity contribution in [2.45, 2.75) is 21.6 Å². The van der Waals surface area contributed by atoms with Crippen molar-refractivity contribution in [2.75, 3.05) is 12.2 Å². The van der Waals surface area contributed by atoms with E-state index in [4.69, 9.17) is 10.6 Å². The number of anilines is 1. The van der Waals surface area contributed by atoms with Gasteiger partial charge >= 0.3 is 0 Å². The van der Waals surface area contributed by atoms with Crippen LogP contribution in [0.3, 0.4) is 0 Å². The lowest BCUT2D eigenvalue weighted by atomic mass is 10.1. The molecule has 0 spiro atoms. The number of aryl methyl sites for hydroxylation is 1. The highest BCUT2D eigenvalue weighted by atomic mass is 32.2. The van der Waals surface area contributed by atoms with Crippen LogP contribution >= 0.6 is 0 Å². The normalized spacial score (nSPS) is 12.9. The molecule has 0 saturated heterocycles. The maximum absolute atomic E-state index is 12.0. The van der Waals surface area contributed by atoms with Gasteiger partial charge in [-0.25, -0.2) is 0 Å². The van der Waals surface area contributed by atoms with E-state index < -0.39 is 50.7 Å². The van der Waals surface area contributed by atoms with Crippen LogP contribution in [-0.2, 0) is 35.2 Å². The standard InChI is InChI=1S/C18H18N4O10S3/c1-10-2-3-14(15(4-10)22-32-9-19)20-21-16-8-13-11(6-18(16)35(29,30)31)5-12(33(23,24)25)7-17(13)34(26,27)28/h2-8,22H,9,19H2,1H3,(H,23,24,25)(H,26,27,28)(H,29,30,31). The molecule has 35 heavy (non-hydrogen) atoms. The van der Waals surface area contributed by atoms with Crippen molar-refractivity contribution >= 4 is 58.2 Å². The molecule has 188 valence electrons. The van der Waals surface area contributed by atoms with Gasteiger partial charge in [-0.3, -0.25) is 24.0 Å². The number of nitrogens with one attached hydrogen (secondary N) is 1. The van der Waals surface area contributed by atoms with E-state index in [1.54, 1.807) is 19.1 Å². The van der Waals surface area contributed by atoms with E-state index in [2.05, 4.69) is 15.7 Å². The third-order valence-corrected chi connectivity index (χ3v) is 7.11. The number of benzene rings is 3. The molecule has 0 aliphatic carbocycles. The van der Waals surface area contributed by atoms with E-state index in [0.717, 1.165) is 17.7 Å². The lowest BCUT2D eigenvalue weighted by molar-refractivity contribution is 0.202. The largest absolute Gasteiger partial charge is 0.307 e. The Morgan fingerprint density at radius 2 is 1.46 bits per heavy atom. The quantitative estimate of drug-likeness (QED) is 0.119. The van der Waals surface area contributed by atoms with E-state index in [0.29, 0.717) is 17.8 Å². The number of hydrogen-bond donors (Lipinski definition) is 5. The molecule has 0 fully saturated rings. The monoisotopic (exact) mass is 546 g/mol. The predicted octanol–water partition coefficient (Wildman–Crippen LogP) is 2.56. The summed E-state index contributed by atoms with van der Waals surface area (Å²) in [6.07, 6.45) is 0. The molecule has 0 aromatic heterocycles. The second kappa shape index (κ2) is 9.55. The average molecular weight is 547 g/mol. The number of nitrogens with zero attached hydrogens (tertiary/aromatic N) is 2. The Bertz CT molecular complexity index is 1670. The number of nitrogens with two attached hydrogens (primary N) is 1. The van der Waals surface area contributed by atoms with Crippen LogP contribution in [0.15, 0.2) is 67.4 Å². The minimum atomic E-state index is -5.06. The van der Waals surface area contributed by atoms with Crippen molar-refractivity contribution < 1.29 is 43.7 Å². The summed E-state index contributed by atoms with van der Waals surface area (Å²) in [5.74, 6) is 0. The molecule has 0 unspecified atom stereocenters. The Morgan fingerprint density at radius 3 is 2.03 bits per heavy atom. The Hall–Kier alpha value is -3.03.